The van der Waals surface area contributed by atoms with E-state index in [0.717, 1.165) is 56.2 Å². The molecule has 0 bridgehead atoms. The van der Waals surface area contributed by atoms with Gasteiger partial charge in [0.2, 0.25) is 0 Å². The van der Waals surface area contributed by atoms with Crippen molar-refractivity contribution in [3.63, 3.8) is 0 Å². The molecule has 0 aliphatic carbocycles. The van der Waals surface area contributed by atoms with Crippen LogP contribution in [0.5, 0.6) is 5.75 Å². The third kappa shape index (κ3) is 6.66. The van der Waals surface area contributed by atoms with E-state index in [1.165, 1.54) is 5.56 Å². The summed E-state index contributed by atoms with van der Waals surface area (Å²) < 4.78 is 4.47. The molecule has 0 saturated carbocycles. The summed E-state index contributed by atoms with van der Waals surface area (Å²) in [5.41, 5.74) is 12.2. The van der Waals surface area contributed by atoms with Crippen LogP contribution in [-0.2, 0) is 26.5 Å². The number of aromatic hydroxyl groups is 1. The fourth-order valence-electron chi connectivity index (χ4n) is 6.50. The first-order chi connectivity index (χ1) is 24.3. The zero-order valence-corrected chi connectivity index (χ0v) is 30.8. The minimum Gasteiger partial charge on any atom is -0.507 e. The second kappa shape index (κ2) is 13.9. The minimum absolute atomic E-state index is 0. The molecule has 0 spiro atoms. The van der Waals surface area contributed by atoms with E-state index < -0.39 is 0 Å². The van der Waals surface area contributed by atoms with Gasteiger partial charge in [0.25, 0.3) is 5.65 Å². The topological polar surface area (TPSA) is 55.0 Å². The molecule has 4 aromatic heterocycles. The standard InChI is InChI=1S/C45H36N4O.Pt/c1-45(2,3)35-23-24-46-38(29-35)32-16-13-17-33(26-32)39-27-34(28-40(47-39)37-19-8-10-21-43(37)50)36-18-7-9-20-41(36)49-42(31-14-5-4-6-15-31)30-48-25-12-11-22-44(48)49;/h4-25,27-30,50H,1-3H3;. The summed E-state index contributed by atoms with van der Waals surface area (Å²) >= 11 is 0. The third-order valence-electron chi connectivity index (χ3n) is 9.10. The number of para-hydroxylation sites is 2. The molecule has 5 nitrogen and oxygen atoms in total. The van der Waals surface area contributed by atoms with Crippen LogP contribution in [0.1, 0.15) is 26.3 Å². The van der Waals surface area contributed by atoms with E-state index in [1.54, 1.807) is 6.07 Å². The van der Waals surface area contributed by atoms with E-state index in [9.17, 15) is 5.11 Å². The number of rotatable bonds is 6. The van der Waals surface area contributed by atoms with Gasteiger partial charge in [-0.2, -0.15) is 4.57 Å². The summed E-state index contributed by atoms with van der Waals surface area (Å²) in [6, 6.07) is 50.7. The van der Waals surface area contributed by atoms with Gasteiger partial charge in [-0.25, -0.2) is 4.40 Å². The van der Waals surface area contributed by atoms with Crippen molar-refractivity contribution in [2.75, 3.05) is 0 Å². The molecule has 4 heterocycles. The molecule has 0 aliphatic heterocycles. The summed E-state index contributed by atoms with van der Waals surface area (Å²) in [6.45, 7) is 6.62. The van der Waals surface area contributed by atoms with E-state index in [-0.39, 0.29) is 32.2 Å². The van der Waals surface area contributed by atoms with Crippen LogP contribution >= 0.6 is 0 Å². The second-order valence-electron chi connectivity index (χ2n) is 13.5. The molecule has 0 fully saturated rings. The molecule has 6 heteroatoms. The molecule has 0 amide bonds. The Bertz CT molecular complexity index is 2500. The van der Waals surface area contributed by atoms with Crippen LogP contribution in [0.4, 0.5) is 0 Å². The largest absolute Gasteiger partial charge is 0.507 e. The van der Waals surface area contributed by atoms with Gasteiger partial charge in [0.15, 0.2) is 5.69 Å². The van der Waals surface area contributed by atoms with Crippen LogP contribution in [-0.4, -0.2) is 19.6 Å². The van der Waals surface area contributed by atoms with Gasteiger partial charge < -0.3 is 5.11 Å². The van der Waals surface area contributed by atoms with E-state index in [4.69, 9.17) is 9.97 Å². The number of aromatic nitrogens is 4. The number of hydrogen-bond donors (Lipinski definition) is 1. The first-order valence-electron chi connectivity index (χ1n) is 16.8. The molecule has 0 radical (unpaired) electrons. The molecule has 0 aliphatic rings. The number of phenolic OH excluding ortho intramolecular Hbond substituents is 1. The molecule has 51 heavy (non-hydrogen) atoms. The van der Waals surface area contributed by atoms with Gasteiger partial charge in [-0.3, -0.25) is 9.97 Å². The first kappa shape index (κ1) is 33.8. The van der Waals surface area contributed by atoms with Gasteiger partial charge in [-0.1, -0.05) is 111 Å². The Kier molecular flexibility index (Phi) is 9.25. The minimum atomic E-state index is -0.00487. The van der Waals surface area contributed by atoms with E-state index in [2.05, 4.69) is 133 Å². The van der Waals surface area contributed by atoms with Crippen molar-refractivity contribution in [2.45, 2.75) is 26.2 Å². The Labute approximate surface area is 312 Å². The second-order valence-corrected chi connectivity index (χ2v) is 13.5. The van der Waals surface area contributed by atoms with Crippen molar-refractivity contribution in [3.05, 3.63) is 170 Å². The fourth-order valence-corrected chi connectivity index (χ4v) is 6.50. The SMILES string of the molecule is CC(C)(C)c1ccnc(-c2[c-]c(-c3cc(-c4ccccc4-n4c(-c5ccccc5)c[n+]5ccccc45)cc(-c4ccccc4O)n3)ccc2)c1.[Pt]. The van der Waals surface area contributed by atoms with Crippen molar-refractivity contribution < 1.29 is 30.6 Å². The number of phenols is 1. The molecule has 0 unspecified atom stereocenters. The number of hydrogen-bond acceptors (Lipinski definition) is 3. The molecule has 8 rings (SSSR count). The number of nitrogens with zero attached hydrogens (tertiary/aromatic N) is 4. The Morgan fingerprint density at radius 3 is 2.12 bits per heavy atom. The van der Waals surface area contributed by atoms with E-state index in [0.29, 0.717) is 11.3 Å². The molecule has 0 atom stereocenters. The third-order valence-corrected chi connectivity index (χ3v) is 9.10. The van der Waals surface area contributed by atoms with Gasteiger partial charge in [0.05, 0.1) is 11.9 Å². The Morgan fingerprint density at radius 1 is 0.647 bits per heavy atom. The van der Waals surface area contributed by atoms with Crippen LogP contribution in [0.3, 0.4) is 0 Å². The molecule has 8 aromatic rings. The Hall–Kier alpha value is -5.64. The average Bonchev–Trinajstić information content (AvgIpc) is 3.55. The van der Waals surface area contributed by atoms with Gasteiger partial charge in [0.1, 0.15) is 17.6 Å². The first-order valence-corrected chi connectivity index (χ1v) is 16.8. The van der Waals surface area contributed by atoms with Crippen LogP contribution in [0.15, 0.2) is 158 Å². The predicted molar refractivity (Wildman–Crippen MR) is 201 cm³/mol. The van der Waals surface area contributed by atoms with Crippen molar-refractivity contribution in [2.24, 2.45) is 0 Å². The predicted octanol–water partition coefficient (Wildman–Crippen LogP) is 10.1. The van der Waals surface area contributed by atoms with Crippen molar-refractivity contribution in [1.82, 2.24) is 14.5 Å². The maximum Gasteiger partial charge on any atom is 0.291 e. The van der Waals surface area contributed by atoms with E-state index >= 15 is 0 Å². The Balaban J connectivity index is 0.00000406. The maximum absolute atomic E-state index is 11.0. The van der Waals surface area contributed by atoms with Crippen molar-refractivity contribution >= 4 is 5.65 Å². The van der Waals surface area contributed by atoms with Crippen LogP contribution in [0.2, 0.25) is 0 Å². The van der Waals surface area contributed by atoms with Crippen LogP contribution in [0.25, 0.3) is 67.5 Å². The van der Waals surface area contributed by atoms with Crippen LogP contribution < -0.4 is 4.40 Å². The van der Waals surface area contributed by atoms with Gasteiger partial charge in [-0.15, -0.1) is 24.3 Å². The normalized spacial score (nSPS) is 11.4. The van der Waals surface area contributed by atoms with Crippen molar-refractivity contribution in [1.29, 1.82) is 0 Å². The summed E-state index contributed by atoms with van der Waals surface area (Å²) in [4.78, 5) is 9.85. The number of benzene rings is 4. The monoisotopic (exact) mass is 843 g/mol. The summed E-state index contributed by atoms with van der Waals surface area (Å²) in [7, 11) is 0. The smallest absolute Gasteiger partial charge is 0.291 e. The average molecular weight is 844 g/mol. The summed E-state index contributed by atoms with van der Waals surface area (Å²) in [6.07, 6.45) is 6.13. The van der Waals surface area contributed by atoms with Crippen molar-refractivity contribution in [3.8, 4) is 67.6 Å². The summed E-state index contributed by atoms with van der Waals surface area (Å²) in [5.74, 6) is 0.177. The molecular weight excluding hydrogens is 808 g/mol. The fraction of sp³-hybridized carbons (Fsp3) is 0.0889. The van der Waals surface area contributed by atoms with E-state index in [1.807, 2.05) is 54.7 Å². The number of imidazole rings is 1. The Morgan fingerprint density at radius 2 is 1.33 bits per heavy atom. The molecular formula is C45H36N4OPt. The number of pyridine rings is 3. The summed E-state index contributed by atoms with van der Waals surface area (Å²) in [5, 5.41) is 11.0. The van der Waals surface area contributed by atoms with Gasteiger partial charge in [-0.05, 0) is 52.9 Å². The quantitative estimate of drug-likeness (QED) is 0.134. The van der Waals surface area contributed by atoms with Crippen LogP contribution in [0, 0.1) is 6.07 Å². The molecule has 1 N–H and O–H groups in total. The van der Waals surface area contributed by atoms with Gasteiger partial charge in [0, 0.05) is 61.4 Å². The maximum atomic E-state index is 11.0. The molecule has 0 saturated heterocycles. The zero-order valence-electron chi connectivity index (χ0n) is 28.6. The van der Waals surface area contributed by atoms with Gasteiger partial charge >= 0.3 is 0 Å². The molecule has 252 valence electrons. The number of fused-ring (bicyclic) bond motifs is 1. The molecule has 4 aromatic carbocycles. The zero-order chi connectivity index (χ0) is 34.2.